The summed E-state index contributed by atoms with van der Waals surface area (Å²) in [6.45, 7) is 2.60. The topological polar surface area (TPSA) is 115 Å². The van der Waals surface area contributed by atoms with Crippen LogP contribution in [0.4, 0.5) is 36.8 Å². The normalized spacial score (nSPS) is 13.3. The summed E-state index contributed by atoms with van der Waals surface area (Å²) >= 11 is 0. The lowest BCUT2D eigenvalue weighted by molar-refractivity contribution is -0.137. The highest BCUT2D eigenvalue weighted by Gasteiger charge is 2.37. The van der Waals surface area contributed by atoms with Crippen LogP contribution in [-0.2, 0) is 12.7 Å². The first-order chi connectivity index (χ1) is 15.0. The van der Waals surface area contributed by atoms with Crippen molar-refractivity contribution in [2.24, 2.45) is 5.41 Å². The summed E-state index contributed by atoms with van der Waals surface area (Å²) in [5.74, 6) is -0.601. The number of aromatic nitrogens is 2. The molecule has 1 unspecified atom stereocenters. The van der Waals surface area contributed by atoms with Crippen LogP contribution in [0.3, 0.4) is 0 Å². The molecule has 0 bridgehead atoms. The largest absolute Gasteiger partial charge is 0.465 e. The molecule has 1 aromatic heterocycles. The maximum absolute atomic E-state index is 13.3. The van der Waals surface area contributed by atoms with Crippen molar-refractivity contribution in [2.45, 2.75) is 45.7 Å². The molecule has 1 aromatic carbocycles. The van der Waals surface area contributed by atoms with Gasteiger partial charge in [0.05, 0.1) is 23.7 Å². The second-order valence-electron chi connectivity index (χ2n) is 8.09. The van der Waals surface area contributed by atoms with Gasteiger partial charge in [0.25, 0.3) is 0 Å². The van der Waals surface area contributed by atoms with E-state index in [0.717, 1.165) is 12.1 Å². The average molecular weight is 479 g/mol. The van der Waals surface area contributed by atoms with Crippen LogP contribution in [0.1, 0.15) is 49.7 Å². The monoisotopic (exact) mass is 479 g/mol. The number of rotatable bonds is 6. The first-order valence-corrected chi connectivity index (χ1v) is 9.26. The number of hydrogen-bond acceptors (Lipinski definition) is 6. The lowest BCUT2D eigenvalue weighted by atomic mass is 9.87. The van der Waals surface area contributed by atoms with Crippen LogP contribution in [0.2, 0.25) is 0 Å². The fourth-order valence-electron chi connectivity index (χ4n) is 2.90. The van der Waals surface area contributed by atoms with E-state index in [1.165, 1.54) is 6.07 Å². The third kappa shape index (κ3) is 6.99. The van der Waals surface area contributed by atoms with Crippen LogP contribution in [0.5, 0.6) is 0 Å². The van der Waals surface area contributed by atoms with E-state index in [-0.39, 0.29) is 11.8 Å². The van der Waals surface area contributed by atoms with Crippen LogP contribution in [0.25, 0.3) is 0 Å². The van der Waals surface area contributed by atoms with Gasteiger partial charge >= 0.3 is 18.4 Å². The highest BCUT2D eigenvalue weighted by molar-refractivity contribution is 5.65. The maximum atomic E-state index is 13.3. The molecule has 0 radical (unpaired) electrons. The Morgan fingerprint density at radius 3 is 2.33 bits per heavy atom. The minimum absolute atomic E-state index is 0.220. The molecule has 1 atom stereocenters. The molecule has 2 N–H and O–H groups in total. The molecule has 0 fully saturated rings. The summed E-state index contributed by atoms with van der Waals surface area (Å²) in [5, 5.41) is 27.4. The molecule has 0 aliphatic rings. The van der Waals surface area contributed by atoms with Crippen molar-refractivity contribution in [1.82, 2.24) is 15.5 Å². The predicted molar refractivity (Wildman–Crippen MR) is 101 cm³/mol. The number of nitrogens with one attached hydrogen (secondary N) is 1. The summed E-state index contributed by atoms with van der Waals surface area (Å²) in [4.78, 5) is 11.6. The van der Waals surface area contributed by atoms with E-state index < -0.39 is 59.8 Å². The summed E-state index contributed by atoms with van der Waals surface area (Å²) in [5.41, 5.74) is -3.36. The molecule has 14 heteroatoms. The van der Waals surface area contributed by atoms with Gasteiger partial charge in [-0.15, -0.1) is 10.2 Å². The van der Waals surface area contributed by atoms with Crippen LogP contribution < -0.4 is 10.2 Å². The van der Waals surface area contributed by atoms with Crippen LogP contribution >= 0.6 is 0 Å². The van der Waals surface area contributed by atoms with Gasteiger partial charge < -0.3 is 19.7 Å². The van der Waals surface area contributed by atoms with Crippen molar-refractivity contribution in [3.8, 4) is 6.07 Å². The second-order valence-corrected chi connectivity index (χ2v) is 8.09. The number of nitriles is 1. The third-order valence-electron chi connectivity index (χ3n) is 4.35. The molecule has 1 heterocycles. The zero-order valence-electron chi connectivity index (χ0n) is 17.5. The fraction of sp³-hybridized carbons (Fsp3) is 0.474. The highest BCUT2D eigenvalue weighted by Crippen LogP contribution is 2.36. The zero-order chi connectivity index (χ0) is 25.2. The smallest absolute Gasteiger partial charge is 0.417 e. The molecule has 2 aromatic rings. The number of carboxylic acid groups (broad SMARTS) is 1. The Morgan fingerprint density at radius 2 is 1.85 bits per heavy atom. The Bertz CT molecular complexity index is 1040. The average Bonchev–Trinajstić information content (AvgIpc) is 3.10. The van der Waals surface area contributed by atoms with Gasteiger partial charge in [-0.05, 0) is 23.6 Å². The summed E-state index contributed by atoms with van der Waals surface area (Å²) < 4.78 is 84.6. The molecular weight excluding hydrogens is 460 g/mol. The Morgan fingerprint density at radius 1 is 1.21 bits per heavy atom. The standard InChI is InChI=1S/C19H19F6N5O3/c1-17(2,3)14(27-16(31)32)15-29-28-13(33-15)8-30(9-18(20,21)22)11-5-4-10(7-26)12(6-11)19(23,24)25/h4-6,14,27H,8-9H2,1-3H3,(H,31,32). The molecule has 180 valence electrons. The van der Waals surface area contributed by atoms with E-state index in [1.807, 2.05) is 0 Å². The van der Waals surface area contributed by atoms with Crippen molar-refractivity contribution in [1.29, 1.82) is 5.26 Å². The van der Waals surface area contributed by atoms with E-state index in [4.69, 9.17) is 14.8 Å². The fourth-order valence-corrected chi connectivity index (χ4v) is 2.90. The molecule has 1 amide bonds. The van der Waals surface area contributed by atoms with E-state index in [2.05, 4.69) is 15.5 Å². The summed E-state index contributed by atoms with van der Waals surface area (Å²) in [6.07, 6.45) is -11.2. The lowest BCUT2D eigenvalue weighted by Gasteiger charge is -2.27. The van der Waals surface area contributed by atoms with Crippen LogP contribution in [0, 0.1) is 16.7 Å². The molecular formula is C19H19F6N5O3. The van der Waals surface area contributed by atoms with Gasteiger partial charge in [0.2, 0.25) is 11.8 Å². The van der Waals surface area contributed by atoms with Gasteiger partial charge in [-0.1, -0.05) is 20.8 Å². The molecule has 33 heavy (non-hydrogen) atoms. The predicted octanol–water partition coefficient (Wildman–Crippen LogP) is 4.88. The molecule has 0 spiro atoms. The number of hydrogen-bond donors (Lipinski definition) is 2. The first kappa shape index (κ1) is 25.8. The number of benzene rings is 1. The number of anilines is 1. The highest BCUT2D eigenvalue weighted by atomic mass is 19.4. The van der Waals surface area contributed by atoms with Crippen molar-refractivity contribution in [3.63, 3.8) is 0 Å². The number of halogens is 6. The van der Waals surface area contributed by atoms with Gasteiger partial charge in [0.15, 0.2) is 0 Å². The Balaban J connectivity index is 2.44. The van der Waals surface area contributed by atoms with E-state index in [0.29, 0.717) is 11.0 Å². The summed E-state index contributed by atoms with van der Waals surface area (Å²) in [6, 6.07) is 2.51. The molecule has 2 rings (SSSR count). The Labute approximate surface area is 183 Å². The van der Waals surface area contributed by atoms with Crippen LogP contribution in [0.15, 0.2) is 22.6 Å². The lowest BCUT2D eigenvalue weighted by Crippen LogP contribution is -2.36. The van der Waals surface area contributed by atoms with Crippen molar-refractivity contribution in [3.05, 3.63) is 41.1 Å². The van der Waals surface area contributed by atoms with Crippen molar-refractivity contribution in [2.75, 3.05) is 11.4 Å². The second kappa shape index (κ2) is 9.16. The van der Waals surface area contributed by atoms with Crippen LogP contribution in [-0.4, -0.2) is 34.1 Å². The van der Waals surface area contributed by atoms with E-state index in [9.17, 15) is 31.1 Å². The zero-order valence-corrected chi connectivity index (χ0v) is 17.5. The van der Waals surface area contributed by atoms with Crippen molar-refractivity contribution >= 4 is 11.8 Å². The Kier molecular flexibility index (Phi) is 7.15. The molecule has 0 saturated carbocycles. The quantitative estimate of drug-likeness (QED) is 0.567. The Hall–Kier alpha value is -3.50. The van der Waals surface area contributed by atoms with Gasteiger partial charge in [-0.3, -0.25) is 0 Å². The first-order valence-electron chi connectivity index (χ1n) is 9.26. The van der Waals surface area contributed by atoms with Gasteiger partial charge in [-0.25, -0.2) is 4.79 Å². The SMILES string of the molecule is CC(C)(C)C(NC(=O)O)c1nnc(CN(CC(F)(F)F)c2ccc(C#N)c(C(F)(F)F)c2)o1. The molecule has 0 aliphatic heterocycles. The molecule has 8 nitrogen and oxygen atoms in total. The summed E-state index contributed by atoms with van der Waals surface area (Å²) in [7, 11) is 0. The number of nitrogens with zero attached hydrogens (tertiary/aromatic N) is 4. The molecule has 0 saturated heterocycles. The minimum Gasteiger partial charge on any atom is -0.465 e. The van der Waals surface area contributed by atoms with Gasteiger partial charge in [0.1, 0.15) is 12.6 Å². The van der Waals surface area contributed by atoms with Crippen molar-refractivity contribution < 1.29 is 40.7 Å². The number of amides is 1. The van der Waals surface area contributed by atoms with E-state index in [1.54, 1.807) is 20.8 Å². The van der Waals surface area contributed by atoms with E-state index >= 15 is 0 Å². The van der Waals surface area contributed by atoms with Gasteiger partial charge in [-0.2, -0.15) is 31.6 Å². The molecule has 0 aliphatic carbocycles. The third-order valence-corrected chi connectivity index (χ3v) is 4.35. The number of alkyl halides is 6. The maximum Gasteiger partial charge on any atom is 0.417 e. The minimum atomic E-state index is -4.97. The number of carbonyl (C=O) groups is 1. The van der Waals surface area contributed by atoms with Gasteiger partial charge in [0, 0.05) is 5.69 Å².